The third-order valence-corrected chi connectivity index (χ3v) is 3.65. The lowest BCUT2D eigenvalue weighted by Crippen LogP contribution is -2.42. The zero-order chi connectivity index (χ0) is 15.7. The molecule has 1 aromatic rings. The minimum atomic E-state index is -4.70. The van der Waals surface area contributed by atoms with Gasteiger partial charge in [0.2, 0.25) is 0 Å². The molecule has 112 valence electrons. The van der Waals surface area contributed by atoms with Crippen LogP contribution in [0.15, 0.2) is 17.0 Å². The van der Waals surface area contributed by atoms with E-state index in [0.29, 0.717) is 0 Å². The van der Waals surface area contributed by atoms with E-state index in [4.69, 9.17) is 5.11 Å². The number of aryl methyl sites for hydroxylation is 1. The summed E-state index contributed by atoms with van der Waals surface area (Å²) in [5, 5.41) is 8.75. The van der Waals surface area contributed by atoms with Gasteiger partial charge < -0.3 is 5.11 Å². The molecule has 0 unspecified atom stereocenters. The third kappa shape index (κ3) is 3.30. The molecule has 0 spiro atoms. The third-order valence-electron chi connectivity index (χ3n) is 2.43. The van der Waals surface area contributed by atoms with Gasteiger partial charge in [-0.25, -0.2) is 22.0 Å². The average Bonchev–Trinajstić information content (AvgIpc) is 2.32. The van der Waals surface area contributed by atoms with Crippen molar-refractivity contribution in [2.45, 2.75) is 31.3 Å². The van der Waals surface area contributed by atoms with E-state index in [2.05, 4.69) is 4.84 Å². The SMILES string of the molecule is Cc1ccc(F)c(S(=O)(=O)NOC(C)(C)C(=O)O)c1F. The van der Waals surface area contributed by atoms with Crippen LogP contribution in [0.5, 0.6) is 0 Å². The Labute approximate surface area is 114 Å². The van der Waals surface area contributed by atoms with Crippen molar-refractivity contribution in [3.63, 3.8) is 0 Å². The number of nitrogens with one attached hydrogen (secondary N) is 1. The number of rotatable bonds is 5. The van der Waals surface area contributed by atoms with Crippen LogP contribution in [-0.4, -0.2) is 25.1 Å². The molecule has 0 radical (unpaired) electrons. The molecule has 1 aromatic carbocycles. The van der Waals surface area contributed by atoms with E-state index in [1.807, 2.05) is 0 Å². The summed E-state index contributed by atoms with van der Waals surface area (Å²) in [5.41, 5.74) is -1.98. The lowest BCUT2D eigenvalue weighted by molar-refractivity contribution is -0.165. The van der Waals surface area contributed by atoms with Crippen LogP contribution in [0.4, 0.5) is 8.78 Å². The van der Waals surface area contributed by atoms with Crippen LogP contribution in [-0.2, 0) is 19.7 Å². The van der Waals surface area contributed by atoms with Crippen LogP contribution in [0.2, 0.25) is 0 Å². The second kappa shape index (κ2) is 5.43. The zero-order valence-corrected chi connectivity index (χ0v) is 11.7. The Morgan fingerprint density at radius 2 is 1.90 bits per heavy atom. The minimum absolute atomic E-state index is 0.0794. The second-order valence-electron chi connectivity index (χ2n) is 4.51. The summed E-state index contributed by atoms with van der Waals surface area (Å²) in [7, 11) is -4.70. The molecule has 20 heavy (non-hydrogen) atoms. The van der Waals surface area contributed by atoms with Crippen molar-refractivity contribution in [1.29, 1.82) is 0 Å². The Balaban J connectivity index is 3.14. The van der Waals surface area contributed by atoms with Crippen LogP contribution < -0.4 is 4.89 Å². The van der Waals surface area contributed by atoms with Crippen molar-refractivity contribution in [2.24, 2.45) is 0 Å². The molecule has 0 heterocycles. The van der Waals surface area contributed by atoms with Crippen molar-refractivity contribution < 1.29 is 31.9 Å². The monoisotopic (exact) mass is 309 g/mol. The topological polar surface area (TPSA) is 92.7 Å². The average molecular weight is 309 g/mol. The van der Waals surface area contributed by atoms with Gasteiger partial charge in [0.1, 0.15) is 11.6 Å². The first-order valence-corrected chi connectivity index (χ1v) is 6.85. The van der Waals surface area contributed by atoms with Gasteiger partial charge in [0.25, 0.3) is 10.0 Å². The molecule has 0 fully saturated rings. The molecule has 6 nitrogen and oxygen atoms in total. The quantitative estimate of drug-likeness (QED) is 0.801. The summed E-state index contributed by atoms with van der Waals surface area (Å²) in [6.45, 7) is 3.40. The normalized spacial score (nSPS) is 12.4. The van der Waals surface area contributed by atoms with Gasteiger partial charge in [-0.05, 0) is 32.4 Å². The van der Waals surface area contributed by atoms with Crippen molar-refractivity contribution in [2.75, 3.05) is 0 Å². The molecule has 0 bridgehead atoms. The Morgan fingerprint density at radius 1 is 1.35 bits per heavy atom. The maximum atomic E-state index is 13.7. The number of carboxylic acid groups (broad SMARTS) is 1. The molecule has 0 saturated heterocycles. The van der Waals surface area contributed by atoms with Crippen LogP contribution in [0.1, 0.15) is 19.4 Å². The lowest BCUT2D eigenvalue weighted by atomic mass is 10.1. The summed E-state index contributed by atoms with van der Waals surface area (Å²) >= 11 is 0. The van der Waals surface area contributed by atoms with Gasteiger partial charge in [-0.3, -0.25) is 4.84 Å². The highest BCUT2D eigenvalue weighted by Gasteiger charge is 2.33. The summed E-state index contributed by atoms with van der Waals surface area (Å²) in [6.07, 6.45) is 0. The van der Waals surface area contributed by atoms with E-state index in [1.54, 1.807) is 0 Å². The number of halogens is 2. The molecule has 9 heteroatoms. The van der Waals surface area contributed by atoms with E-state index in [9.17, 15) is 22.0 Å². The van der Waals surface area contributed by atoms with E-state index in [0.717, 1.165) is 26.0 Å². The second-order valence-corrected chi connectivity index (χ2v) is 6.09. The highest BCUT2D eigenvalue weighted by atomic mass is 32.2. The van der Waals surface area contributed by atoms with Crippen LogP contribution in [0, 0.1) is 18.6 Å². The van der Waals surface area contributed by atoms with Crippen molar-refractivity contribution in [3.05, 3.63) is 29.3 Å². The molecular weight excluding hydrogens is 296 g/mol. The number of aliphatic carboxylic acids is 1. The molecule has 0 atom stereocenters. The lowest BCUT2D eigenvalue weighted by Gasteiger charge is -2.20. The number of benzene rings is 1. The maximum absolute atomic E-state index is 13.7. The van der Waals surface area contributed by atoms with Crippen LogP contribution in [0.3, 0.4) is 0 Å². The molecule has 0 aliphatic heterocycles. The fourth-order valence-electron chi connectivity index (χ4n) is 1.12. The molecule has 1 rings (SSSR count). The van der Waals surface area contributed by atoms with Crippen molar-refractivity contribution >= 4 is 16.0 Å². The Hall–Kier alpha value is -1.58. The summed E-state index contributed by atoms with van der Waals surface area (Å²) in [4.78, 5) is 15.4. The fourth-order valence-corrected chi connectivity index (χ4v) is 2.24. The highest BCUT2D eigenvalue weighted by Crippen LogP contribution is 2.22. The summed E-state index contributed by atoms with van der Waals surface area (Å²) < 4.78 is 50.8. The molecular formula is C11H13F2NO5S. The largest absolute Gasteiger partial charge is 0.479 e. The van der Waals surface area contributed by atoms with E-state index >= 15 is 0 Å². The Kier molecular flexibility index (Phi) is 4.47. The summed E-state index contributed by atoms with van der Waals surface area (Å²) in [6, 6.07) is 1.86. The van der Waals surface area contributed by atoms with E-state index in [-0.39, 0.29) is 5.56 Å². The minimum Gasteiger partial charge on any atom is -0.479 e. The Bertz CT molecular complexity index is 642. The molecule has 0 saturated carbocycles. The zero-order valence-electron chi connectivity index (χ0n) is 10.9. The van der Waals surface area contributed by atoms with Gasteiger partial charge in [-0.1, -0.05) is 11.0 Å². The smallest absolute Gasteiger partial charge is 0.337 e. The predicted octanol–water partition coefficient (Wildman–Crippen LogP) is 1.35. The molecule has 2 N–H and O–H groups in total. The van der Waals surface area contributed by atoms with Gasteiger partial charge in [0, 0.05) is 0 Å². The number of carboxylic acids is 1. The maximum Gasteiger partial charge on any atom is 0.337 e. The number of carbonyl (C=O) groups is 1. The van der Waals surface area contributed by atoms with Gasteiger partial charge in [-0.2, -0.15) is 0 Å². The Morgan fingerprint density at radius 3 is 2.40 bits per heavy atom. The van der Waals surface area contributed by atoms with Gasteiger partial charge in [-0.15, -0.1) is 0 Å². The molecule has 0 amide bonds. The number of hydrogen-bond donors (Lipinski definition) is 2. The molecule has 0 aliphatic carbocycles. The molecule has 0 aliphatic rings. The first kappa shape index (κ1) is 16.5. The van der Waals surface area contributed by atoms with Crippen molar-refractivity contribution in [3.8, 4) is 0 Å². The van der Waals surface area contributed by atoms with Crippen LogP contribution in [0.25, 0.3) is 0 Å². The van der Waals surface area contributed by atoms with Gasteiger partial charge in [0.05, 0.1) is 0 Å². The number of sulfonamides is 1. The van der Waals surface area contributed by atoms with Crippen LogP contribution >= 0.6 is 0 Å². The first-order chi connectivity index (χ1) is 8.99. The van der Waals surface area contributed by atoms with E-state index < -0.39 is 38.1 Å². The van der Waals surface area contributed by atoms with Crippen molar-refractivity contribution in [1.82, 2.24) is 4.89 Å². The molecule has 0 aromatic heterocycles. The first-order valence-electron chi connectivity index (χ1n) is 5.37. The fraction of sp³-hybridized carbons (Fsp3) is 0.364. The standard InChI is InChI=1S/C11H13F2NO5S/c1-6-4-5-7(12)9(8(6)13)20(17,18)14-19-11(2,3)10(15)16/h4-5,14H,1-3H3,(H,15,16). The van der Waals surface area contributed by atoms with E-state index in [1.165, 1.54) is 11.8 Å². The predicted molar refractivity (Wildman–Crippen MR) is 64.2 cm³/mol. The number of hydrogen-bond acceptors (Lipinski definition) is 4. The van der Waals surface area contributed by atoms with Gasteiger partial charge in [0.15, 0.2) is 10.5 Å². The van der Waals surface area contributed by atoms with Gasteiger partial charge >= 0.3 is 5.97 Å². The highest BCUT2D eigenvalue weighted by molar-refractivity contribution is 7.89. The summed E-state index contributed by atoms with van der Waals surface area (Å²) in [5.74, 6) is -4.03.